The van der Waals surface area contributed by atoms with Gasteiger partial charge in [0.2, 0.25) is 0 Å². The van der Waals surface area contributed by atoms with Crippen LogP contribution in [-0.4, -0.2) is 26.6 Å². The van der Waals surface area contributed by atoms with E-state index in [4.69, 9.17) is 9.99 Å². The summed E-state index contributed by atoms with van der Waals surface area (Å²) in [5.74, 6) is -0.380. The molecule has 0 amide bonds. The molecule has 0 saturated carbocycles. The van der Waals surface area contributed by atoms with Crippen molar-refractivity contribution in [3.05, 3.63) is 48.0 Å². The summed E-state index contributed by atoms with van der Waals surface area (Å²) < 4.78 is 5.36. The summed E-state index contributed by atoms with van der Waals surface area (Å²) in [6, 6.07) is 0. The van der Waals surface area contributed by atoms with Gasteiger partial charge in [-0.2, -0.15) is 20.7 Å². The van der Waals surface area contributed by atoms with E-state index in [1.807, 2.05) is 13.8 Å². The zero-order chi connectivity index (χ0) is 15.4. The Labute approximate surface area is 117 Å². The van der Waals surface area contributed by atoms with Crippen LogP contribution in [0.4, 0.5) is 0 Å². The third-order valence-electron chi connectivity index (χ3n) is 1.96. The van der Waals surface area contributed by atoms with E-state index in [2.05, 4.69) is 26.9 Å². The van der Waals surface area contributed by atoms with Gasteiger partial charge in [0.05, 0.1) is 6.20 Å². The molecule has 7 heteroatoms. The Hall–Kier alpha value is -2.41. The number of nitrogens with one attached hydrogen (secondary N) is 1. The van der Waals surface area contributed by atoms with Crippen LogP contribution >= 0.6 is 0 Å². The average molecular weight is 281 g/mol. The van der Waals surface area contributed by atoms with Gasteiger partial charge in [0.15, 0.2) is 0 Å². The number of carbonyl (C=O) groups excluding carboxylic acids is 1. The van der Waals surface area contributed by atoms with Crippen molar-refractivity contribution in [1.29, 1.82) is 0 Å². The number of hydrogen-bond acceptors (Lipinski definition) is 6. The van der Waals surface area contributed by atoms with Crippen molar-refractivity contribution in [3.63, 3.8) is 0 Å². The van der Waals surface area contributed by atoms with Gasteiger partial charge in [0, 0.05) is 5.57 Å². The Morgan fingerprint density at radius 3 is 2.70 bits per heavy atom. The van der Waals surface area contributed by atoms with Gasteiger partial charge in [0.25, 0.3) is 0 Å². The minimum absolute atomic E-state index is 0.224. The first-order valence-corrected chi connectivity index (χ1v) is 6.01. The number of ether oxygens (including phenoxy) is 1. The Kier molecular flexibility index (Phi) is 9.24. The molecule has 1 rings (SSSR count). The lowest BCUT2D eigenvalue weighted by Gasteiger charge is -2.03. The standard InChI is InChI=1S/C11H13N3O4.C2H6/c1-3-10(5-4-8(2)11(15)18-16)17-7-9-6-12-14-13-9;1-2/h3-6,16H,1,7H2,2H3,(H,12,13,14);1-2H3/b8-4+,10-5+;. The lowest BCUT2D eigenvalue weighted by atomic mass is 10.2. The molecule has 110 valence electrons. The van der Waals surface area contributed by atoms with Crippen LogP contribution in [0.5, 0.6) is 0 Å². The zero-order valence-electron chi connectivity index (χ0n) is 11.8. The van der Waals surface area contributed by atoms with Crippen LogP contribution in [0.3, 0.4) is 0 Å². The fourth-order valence-corrected chi connectivity index (χ4v) is 0.974. The van der Waals surface area contributed by atoms with Crippen LogP contribution in [0.2, 0.25) is 0 Å². The molecular weight excluding hydrogens is 262 g/mol. The molecule has 0 saturated heterocycles. The van der Waals surface area contributed by atoms with Gasteiger partial charge in [-0.1, -0.05) is 20.4 Å². The molecule has 0 spiro atoms. The first-order chi connectivity index (χ1) is 9.67. The number of hydrogen-bond donors (Lipinski definition) is 2. The lowest BCUT2D eigenvalue weighted by molar-refractivity contribution is -0.229. The van der Waals surface area contributed by atoms with Gasteiger partial charge in [-0.15, -0.1) is 0 Å². The molecule has 7 nitrogen and oxygen atoms in total. The summed E-state index contributed by atoms with van der Waals surface area (Å²) >= 11 is 0. The third-order valence-corrected chi connectivity index (χ3v) is 1.96. The minimum Gasteiger partial charge on any atom is -0.487 e. The Bertz CT molecular complexity index is 464. The second-order valence-corrected chi connectivity index (χ2v) is 3.25. The minimum atomic E-state index is -0.828. The summed E-state index contributed by atoms with van der Waals surface area (Å²) in [4.78, 5) is 14.5. The van der Waals surface area contributed by atoms with E-state index < -0.39 is 5.97 Å². The average Bonchev–Trinajstić information content (AvgIpc) is 3.01. The summed E-state index contributed by atoms with van der Waals surface area (Å²) in [5.41, 5.74) is 0.861. The second-order valence-electron chi connectivity index (χ2n) is 3.25. The van der Waals surface area contributed by atoms with E-state index in [0.717, 1.165) is 0 Å². The van der Waals surface area contributed by atoms with Gasteiger partial charge >= 0.3 is 5.97 Å². The largest absolute Gasteiger partial charge is 0.487 e. The van der Waals surface area contributed by atoms with Gasteiger partial charge in [-0.3, -0.25) is 4.89 Å². The smallest absolute Gasteiger partial charge is 0.368 e. The van der Waals surface area contributed by atoms with Gasteiger partial charge < -0.3 is 4.74 Å². The van der Waals surface area contributed by atoms with Gasteiger partial charge in [-0.25, -0.2) is 4.79 Å². The molecule has 1 heterocycles. The highest BCUT2D eigenvalue weighted by Gasteiger charge is 2.03. The number of aromatic nitrogens is 3. The van der Waals surface area contributed by atoms with Crippen molar-refractivity contribution in [2.24, 2.45) is 0 Å². The van der Waals surface area contributed by atoms with E-state index in [1.54, 1.807) is 0 Å². The molecule has 0 fully saturated rings. The molecule has 0 bridgehead atoms. The zero-order valence-corrected chi connectivity index (χ0v) is 11.8. The van der Waals surface area contributed by atoms with Crippen molar-refractivity contribution in [3.8, 4) is 0 Å². The Balaban J connectivity index is 0.00000172. The number of H-pyrrole nitrogens is 1. The fraction of sp³-hybridized carbons (Fsp3) is 0.308. The maximum atomic E-state index is 10.9. The van der Waals surface area contributed by atoms with E-state index in [1.165, 1.54) is 31.3 Å². The molecule has 0 unspecified atom stereocenters. The van der Waals surface area contributed by atoms with E-state index >= 15 is 0 Å². The number of nitrogens with zero attached hydrogens (tertiary/aromatic N) is 2. The molecule has 20 heavy (non-hydrogen) atoms. The van der Waals surface area contributed by atoms with Crippen molar-refractivity contribution in [2.75, 3.05) is 0 Å². The predicted octanol–water partition coefficient (Wildman–Crippen LogP) is 2.38. The Morgan fingerprint density at radius 2 is 2.20 bits per heavy atom. The number of allylic oxidation sites excluding steroid dienone is 3. The predicted molar refractivity (Wildman–Crippen MR) is 73.3 cm³/mol. The number of carbonyl (C=O) groups is 1. The van der Waals surface area contributed by atoms with E-state index in [9.17, 15) is 4.79 Å². The topological polar surface area (TPSA) is 97.3 Å². The van der Waals surface area contributed by atoms with Crippen LogP contribution in [0.15, 0.2) is 42.3 Å². The molecule has 1 aromatic heterocycles. The first kappa shape index (κ1) is 17.6. The van der Waals surface area contributed by atoms with Crippen molar-refractivity contribution < 1.29 is 19.7 Å². The van der Waals surface area contributed by atoms with Crippen LogP contribution in [0.25, 0.3) is 0 Å². The third kappa shape index (κ3) is 6.50. The SMILES string of the molecule is C=C/C(=C\C=C(/C)C(=O)OO)OCc1cn[nH]n1.CC. The molecule has 0 aliphatic carbocycles. The summed E-state index contributed by atoms with van der Waals surface area (Å²) in [5, 5.41) is 18.1. The quantitative estimate of drug-likeness (QED) is 0.273. The van der Waals surface area contributed by atoms with Crippen LogP contribution in [-0.2, 0) is 21.0 Å². The molecule has 1 aromatic rings. The van der Waals surface area contributed by atoms with Crippen LogP contribution < -0.4 is 0 Å². The normalized spacial score (nSPS) is 11.2. The van der Waals surface area contributed by atoms with Crippen molar-refractivity contribution in [2.45, 2.75) is 27.4 Å². The molecule has 0 radical (unpaired) electrons. The number of rotatable bonds is 6. The van der Waals surface area contributed by atoms with Crippen molar-refractivity contribution in [1.82, 2.24) is 15.4 Å². The summed E-state index contributed by atoms with van der Waals surface area (Å²) in [6.45, 7) is 9.29. The highest BCUT2D eigenvalue weighted by Crippen LogP contribution is 2.05. The maximum Gasteiger partial charge on any atom is 0.368 e. The van der Waals surface area contributed by atoms with Crippen LogP contribution in [0.1, 0.15) is 26.5 Å². The van der Waals surface area contributed by atoms with Crippen molar-refractivity contribution >= 4 is 5.97 Å². The number of aromatic amines is 1. The summed E-state index contributed by atoms with van der Waals surface area (Å²) in [7, 11) is 0. The van der Waals surface area contributed by atoms with Gasteiger partial charge in [-0.05, 0) is 25.2 Å². The highest BCUT2D eigenvalue weighted by atomic mass is 17.1. The van der Waals surface area contributed by atoms with Crippen LogP contribution in [0, 0.1) is 0 Å². The summed E-state index contributed by atoms with van der Waals surface area (Å²) in [6.07, 6.45) is 5.98. The second kappa shape index (κ2) is 10.5. The fourth-order valence-electron chi connectivity index (χ4n) is 0.974. The molecule has 2 N–H and O–H groups in total. The van der Waals surface area contributed by atoms with E-state index in [-0.39, 0.29) is 12.2 Å². The lowest BCUT2D eigenvalue weighted by Crippen LogP contribution is -2.01. The monoisotopic (exact) mass is 281 g/mol. The first-order valence-electron chi connectivity index (χ1n) is 6.01. The molecule has 0 atom stereocenters. The van der Waals surface area contributed by atoms with Gasteiger partial charge in [0.1, 0.15) is 18.1 Å². The molecule has 0 aliphatic rings. The molecule has 0 aromatic carbocycles. The molecular formula is C13H19N3O4. The molecule has 0 aliphatic heterocycles. The Morgan fingerprint density at radius 1 is 1.50 bits per heavy atom. The van der Waals surface area contributed by atoms with E-state index in [0.29, 0.717) is 11.5 Å². The highest BCUT2D eigenvalue weighted by molar-refractivity contribution is 5.87. The maximum absolute atomic E-state index is 10.9.